The molecule has 0 bridgehead atoms. The number of halogens is 1. The van der Waals surface area contributed by atoms with Gasteiger partial charge in [-0.15, -0.1) is 12.4 Å². The van der Waals surface area contributed by atoms with Crippen molar-refractivity contribution in [1.29, 1.82) is 5.26 Å². The van der Waals surface area contributed by atoms with E-state index in [2.05, 4.69) is 46.0 Å². The highest BCUT2D eigenvalue weighted by atomic mass is 35.5. The molecule has 0 radical (unpaired) electrons. The Morgan fingerprint density at radius 3 is 2.37 bits per heavy atom. The molecule has 4 rings (SSSR count). The van der Waals surface area contributed by atoms with Crippen molar-refractivity contribution < 1.29 is 0 Å². The van der Waals surface area contributed by atoms with Gasteiger partial charge in [-0.3, -0.25) is 0 Å². The van der Waals surface area contributed by atoms with Gasteiger partial charge in [0.2, 0.25) is 0 Å². The van der Waals surface area contributed by atoms with E-state index in [-0.39, 0.29) is 12.4 Å². The van der Waals surface area contributed by atoms with E-state index < -0.39 is 0 Å². The molecule has 0 spiro atoms. The van der Waals surface area contributed by atoms with Gasteiger partial charge in [0.1, 0.15) is 0 Å². The van der Waals surface area contributed by atoms with Crippen LogP contribution in [-0.4, -0.2) is 9.55 Å². The molecule has 4 aromatic rings. The zero-order chi connectivity index (χ0) is 20.1. The maximum Gasteiger partial charge on any atom is 0.0991 e. The average molecular weight is 415 g/mol. The summed E-state index contributed by atoms with van der Waals surface area (Å²) in [5, 5.41) is 8.96. The molecular formula is C25H23ClN4. The highest BCUT2D eigenvalue weighted by molar-refractivity contribution is 5.85. The minimum atomic E-state index is 0. The Kier molecular flexibility index (Phi) is 7.03. The monoisotopic (exact) mass is 414 g/mol. The van der Waals surface area contributed by atoms with Crippen LogP contribution in [0.15, 0.2) is 85.3 Å². The lowest BCUT2D eigenvalue weighted by molar-refractivity contribution is 0.752. The summed E-state index contributed by atoms with van der Waals surface area (Å²) in [4.78, 5) is 4.34. The summed E-state index contributed by atoms with van der Waals surface area (Å²) in [5.74, 6) is 0. The van der Waals surface area contributed by atoms with E-state index in [4.69, 9.17) is 11.0 Å². The molecule has 3 aromatic carbocycles. The Labute approximate surface area is 183 Å². The Bertz CT molecular complexity index is 1140. The van der Waals surface area contributed by atoms with Crippen LogP contribution in [0.1, 0.15) is 27.9 Å². The molecule has 0 saturated carbocycles. The smallest absolute Gasteiger partial charge is 0.0991 e. The molecule has 2 N–H and O–H groups in total. The number of hydrogen-bond acceptors (Lipinski definition) is 3. The number of rotatable bonds is 6. The number of imidazole rings is 1. The summed E-state index contributed by atoms with van der Waals surface area (Å²) in [5.41, 5.74) is 13.7. The number of nitrogens with two attached hydrogens (primary N) is 1. The third kappa shape index (κ3) is 4.77. The van der Waals surface area contributed by atoms with Crippen LogP contribution in [-0.2, 0) is 19.5 Å². The summed E-state index contributed by atoms with van der Waals surface area (Å²) in [6.07, 6.45) is 4.55. The van der Waals surface area contributed by atoms with Crippen LogP contribution in [0.4, 0.5) is 0 Å². The van der Waals surface area contributed by atoms with Crippen molar-refractivity contribution in [3.63, 3.8) is 0 Å². The van der Waals surface area contributed by atoms with E-state index in [1.54, 1.807) is 0 Å². The molecule has 30 heavy (non-hydrogen) atoms. The third-order valence-corrected chi connectivity index (χ3v) is 5.09. The molecule has 0 atom stereocenters. The van der Waals surface area contributed by atoms with Crippen molar-refractivity contribution in [1.82, 2.24) is 9.55 Å². The zero-order valence-corrected chi connectivity index (χ0v) is 17.3. The predicted octanol–water partition coefficient (Wildman–Crippen LogP) is 4.94. The van der Waals surface area contributed by atoms with Crippen LogP contribution in [0.5, 0.6) is 0 Å². The van der Waals surface area contributed by atoms with Crippen molar-refractivity contribution in [3.05, 3.63) is 113 Å². The first kappa shape index (κ1) is 21.3. The molecule has 0 unspecified atom stereocenters. The van der Waals surface area contributed by atoms with Gasteiger partial charge >= 0.3 is 0 Å². The molecule has 1 heterocycles. The Morgan fingerprint density at radius 1 is 0.933 bits per heavy atom. The lowest BCUT2D eigenvalue weighted by Gasteiger charge is -2.13. The lowest BCUT2D eigenvalue weighted by Crippen LogP contribution is -2.06. The van der Waals surface area contributed by atoms with Crippen molar-refractivity contribution in [2.75, 3.05) is 0 Å². The molecule has 0 amide bonds. The Balaban J connectivity index is 0.00000256. The van der Waals surface area contributed by atoms with E-state index in [1.165, 1.54) is 16.7 Å². The second-order valence-electron chi connectivity index (χ2n) is 7.06. The van der Waals surface area contributed by atoms with Crippen molar-refractivity contribution >= 4 is 12.4 Å². The van der Waals surface area contributed by atoms with E-state index in [9.17, 15) is 0 Å². The number of nitrogens with zero attached hydrogens (tertiary/aromatic N) is 3. The standard InChI is InChI=1S/C25H22N4.ClH/c26-14-20-8-6-19(7-9-20)13-24-16-28-18-29(24)17-21-10-11-25(23(12-21)15-27)22-4-2-1-3-5-22;/h1-12,16,18H,13,15,17,27H2;1H. The van der Waals surface area contributed by atoms with Gasteiger partial charge in [-0.05, 0) is 39.9 Å². The lowest BCUT2D eigenvalue weighted by atomic mass is 9.97. The molecule has 0 fully saturated rings. The van der Waals surface area contributed by atoms with Crippen molar-refractivity contribution in [3.8, 4) is 17.2 Å². The highest BCUT2D eigenvalue weighted by Crippen LogP contribution is 2.25. The van der Waals surface area contributed by atoms with Gasteiger partial charge in [-0.2, -0.15) is 5.26 Å². The van der Waals surface area contributed by atoms with Gasteiger partial charge in [0, 0.05) is 31.4 Å². The van der Waals surface area contributed by atoms with Gasteiger partial charge in [0.15, 0.2) is 0 Å². The van der Waals surface area contributed by atoms with Crippen molar-refractivity contribution in [2.45, 2.75) is 19.5 Å². The van der Waals surface area contributed by atoms with Crippen LogP contribution < -0.4 is 5.73 Å². The SMILES string of the molecule is Cl.N#Cc1ccc(Cc2cncn2Cc2ccc(-c3ccccc3)c(CN)c2)cc1. The topological polar surface area (TPSA) is 67.6 Å². The summed E-state index contributed by atoms with van der Waals surface area (Å²) in [6.45, 7) is 1.24. The first-order valence-electron chi connectivity index (χ1n) is 9.62. The third-order valence-electron chi connectivity index (χ3n) is 5.09. The first-order chi connectivity index (χ1) is 14.3. The van der Waals surface area contributed by atoms with Crippen LogP contribution in [0.2, 0.25) is 0 Å². The number of nitriles is 1. The molecule has 0 saturated heterocycles. The molecule has 0 aliphatic heterocycles. The van der Waals surface area contributed by atoms with Gasteiger partial charge in [0.05, 0.1) is 18.0 Å². The molecule has 4 nitrogen and oxygen atoms in total. The maximum atomic E-state index is 8.96. The van der Waals surface area contributed by atoms with Gasteiger partial charge in [-0.25, -0.2) is 4.98 Å². The maximum absolute atomic E-state index is 8.96. The van der Waals surface area contributed by atoms with Crippen LogP contribution in [0.25, 0.3) is 11.1 Å². The summed E-state index contributed by atoms with van der Waals surface area (Å²) >= 11 is 0. The fourth-order valence-corrected chi connectivity index (χ4v) is 3.55. The van der Waals surface area contributed by atoms with Crippen molar-refractivity contribution in [2.24, 2.45) is 5.73 Å². The second kappa shape index (κ2) is 9.89. The highest BCUT2D eigenvalue weighted by Gasteiger charge is 2.08. The summed E-state index contributed by atoms with van der Waals surface area (Å²) in [6, 6.07) is 26.7. The number of hydrogen-bond donors (Lipinski definition) is 1. The predicted molar refractivity (Wildman–Crippen MR) is 122 cm³/mol. The zero-order valence-electron chi connectivity index (χ0n) is 16.5. The molecule has 0 aliphatic rings. The second-order valence-corrected chi connectivity index (χ2v) is 7.06. The minimum absolute atomic E-state index is 0. The number of aromatic nitrogens is 2. The molecule has 0 aliphatic carbocycles. The first-order valence-corrected chi connectivity index (χ1v) is 9.62. The normalized spacial score (nSPS) is 10.3. The molecule has 150 valence electrons. The molecule has 5 heteroatoms. The van der Waals surface area contributed by atoms with E-state index >= 15 is 0 Å². The summed E-state index contributed by atoms with van der Waals surface area (Å²) < 4.78 is 2.16. The Morgan fingerprint density at radius 2 is 1.67 bits per heavy atom. The van der Waals surface area contributed by atoms with Gasteiger partial charge < -0.3 is 10.3 Å². The Hall–Kier alpha value is -3.39. The molecule has 1 aromatic heterocycles. The summed E-state index contributed by atoms with van der Waals surface area (Å²) in [7, 11) is 0. The van der Waals surface area contributed by atoms with E-state index in [0.29, 0.717) is 12.1 Å². The average Bonchev–Trinajstić information content (AvgIpc) is 3.21. The van der Waals surface area contributed by atoms with Crippen LogP contribution in [0.3, 0.4) is 0 Å². The van der Waals surface area contributed by atoms with Gasteiger partial charge in [0.25, 0.3) is 0 Å². The largest absolute Gasteiger partial charge is 0.330 e. The number of benzene rings is 3. The van der Waals surface area contributed by atoms with Crippen LogP contribution in [0, 0.1) is 11.3 Å². The molecular weight excluding hydrogens is 392 g/mol. The fraction of sp³-hybridized carbons (Fsp3) is 0.120. The van der Waals surface area contributed by atoms with E-state index in [1.807, 2.05) is 55.0 Å². The van der Waals surface area contributed by atoms with Crippen LogP contribution >= 0.6 is 12.4 Å². The van der Waals surface area contributed by atoms with E-state index in [0.717, 1.165) is 29.8 Å². The quantitative estimate of drug-likeness (QED) is 0.485. The minimum Gasteiger partial charge on any atom is -0.330 e. The fourth-order valence-electron chi connectivity index (χ4n) is 3.55. The van der Waals surface area contributed by atoms with Gasteiger partial charge in [-0.1, -0.05) is 60.7 Å².